The van der Waals surface area contributed by atoms with Crippen LogP contribution in [0.3, 0.4) is 0 Å². The van der Waals surface area contributed by atoms with Gasteiger partial charge in [-0.2, -0.15) is 0 Å². The monoisotopic (exact) mass is 182 g/mol. The minimum Gasteiger partial charge on any atom is -0.344 e. The second-order valence-corrected chi connectivity index (χ2v) is 4.21. The molecule has 0 aliphatic heterocycles. The maximum Gasteiger partial charge on any atom is 0.207 e. The summed E-state index contributed by atoms with van der Waals surface area (Å²) in [7, 11) is -2.93. The maximum absolute atomic E-state index is 10.8. The van der Waals surface area contributed by atoms with Crippen LogP contribution in [0.2, 0.25) is 0 Å². The third kappa shape index (κ3) is 6.09. The predicted molar refractivity (Wildman–Crippen MR) is 47.2 cm³/mol. The minimum absolute atomic E-state index is 0. The average molecular weight is 183 g/mol. The topological polar surface area (TPSA) is 37.3 Å². The Hall–Kier alpha value is -0.0400. The molecule has 0 spiro atoms. The lowest BCUT2D eigenvalue weighted by Crippen LogP contribution is -1.87. The lowest BCUT2D eigenvalue weighted by Gasteiger charge is -2.03. The van der Waals surface area contributed by atoms with Crippen LogP contribution in [0.5, 0.6) is 0 Å². The van der Waals surface area contributed by atoms with E-state index >= 15 is 0 Å². The van der Waals surface area contributed by atoms with Crippen molar-refractivity contribution in [3.8, 4) is 0 Å². The summed E-state index contributed by atoms with van der Waals surface area (Å²) in [6.07, 6.45) is 3.26. The highest BCUT2D eigenvalue weighted by molar-refractivity contribution is 7.58. The van der Waals surface area contributed by atoms with Crippen molar-refractivity contribution in [2.24, 2.45) is 0 Å². The predicted octanol–water partition coefficient (Wildman–Crippen LogP) is 2.05. The molecule has 0 amide bonds. The van der Waals surface area contributed by atoms with Gasteiger partial charge in [-0.1, -0.05) is 12.2 Å². The van der Waals surface area contributed by atoms with Crippen LogP contribution in [0.4, 0.5) is 0 Å². The highest BCUT2D eigenvalue weighted by Gasteiger charge is 2.11. The van der Waals surface area contributed by atoms with E-state index in [1.54, 1.807) is 0 Å². The first-order chi connectivity index (χ1) is 4.12. The Morgan fingerprint density at radius 3 is 1.80 bits per heavy atom. The van der Waals surface area contributed by atoms with Gasteiger partial charge >= 0.3 is 0 Å². The molecular formula is C6H12ClO2P. The SMILES string of the molecule is C=CCP(=O)(O)CC=C.Cl. The minimum atomic E-state index is -2.93. The van der Waals surface area contributed by atoms with Crippen LogP contribution in [0, 0.1) is 0 Å². The molecule has 4 heteroatoms. The van der Waals surface area contributed by atoms with Crippen LogP contribution in [0.25, 0.3) is 0 Å². The van der Waals surface area contributed by atoms with Crippen molar-refractivity contribution in [3.63, 3.8) is 0 Å². The lowest BCUT2D eigenvalue weighted by atomic mass is 10.8. The van der Waals surface area contributed by atoms with E-state index < -0.39 is 7.37 Å². The number of hydrogen-bond acceptors (Lipinski definition) is 1. The molecule has 0 aromatic carbocycles. The number of allylic oxidation sites excluding steroid dienone is 2. The molecule has 10 heavy (non-hydrogen) atoms. The normalized spacial score (nSPS) is 9.70. The Morgan fingerprint density at radius 1 is 1.30 bits per heavy atom. The molecule has 0 fully saturated rings. The molecule has 0 saturated heterocycles. The Bertz CT molecular complexity index is 142. The summed E-state index contributed by atoms with van der Waals surface area (Å²) >= 11 is 0. The molecule has 0 saturated carbocycles. The summed E-state index contributed by atoms with van der Waals surface area (Å²) in [6.45, 7) is 6.72. The van der Waals surface area contributed by atoms with Gasteiger partial charge in [0.05, 0.1) is 0 Å². The van der Waals surface area contributed by atoms with Gasteiger partial charge in [0.1, 0.15) is 0 Å². The van der Waals surface area contributed by atoms with Crippen LogP contribution >= 0.6 is 19.8 Å². The Balaban J connectivity index is 0. The van der Waals surface area contributed by atoms with Gasteiger partial charge < -0.3 is 4.89 Å². The van der Waals surface area contributed by atoms with Crippen LogP contribution in [-0.4, -0.2) is 17.2 Å². The molecule has 0 heterocycles. The zero-order valence-corrected chi connectivity index (χ0v) is 7.40. The van der Waals surface area contributed by atoms with Crippen LogP contribution < -0.4 is 0 Å². The standard InChI is InChI=1S/C6H11O2P.ClH/c1-3-5-9(7,8)6-4-2;/h3-4H,1-2,5-6H2,(H,7,8);1H. The molecule has 0 radical (unpaired) electrons. The van der Waals surface area contributed by atoms with E-state index in [9.17, 15) is 4.57 Å². The summed E-state index contributed by atoms with van der Waals surface area (Å²) < 4.78 is 10.8. The second kappa shape index (κ2) is 5.72. The van der Waals surface area contributed by atoms with Gasteiger partial charge in [0.15, 0.2) is 0 Å². The summed E-state index contributed by atoms with van der Waals surface area (Å²) in [4.78, 5) is 8.93. The van der Waals surface area contributed by atoms with E-state index in [-0.39, 0.29) is 24.7 Å². The van der Waals surface area contributed by atoms with Gasteiger partial charge in [0.2, 0.25) is 7.37 Å². The maximum atomic E-state index is 10.8. The van der Waals surface area contributed by atoms with Crippen LogP contribution in [-0.2, 0) is 4.57 Å². The van der Waals surface area contributed by atoms with E-state index in [0.717, 1.165) is 0 Å². The molecular weight excluding hydrogens is 170 g/mol. The third-order valence-electron chi connectivity index (χ3n) is 0.829. The largest absolute Gasteiger partial charge is 0.344 e. The quantitative estimate of drug-likeness (QED) is 0.534. The van der Waals surface area contributed by atoms with Gasteiger partial charge in [-0.25, -0.2) is 0 Å². The fourth-order valence-corrected chi connectivity index (χ4v) is 1.43. The zero-order chi connectivity index (χ0) is 7.33. The molecule has 2 nitrogen and oxygen atoms in total. The average Bonchev–Trinajstić information content (AvgIpc) is 1.64. The molecule has 0 aliphatic carbocycles. The molecule has 0 unspecified atom stereocenters. The fraction of sp³-hybridized carbons (Fsp3) is 0.333. The summed E-state index contributed by atoms with van der Waals surface area (Å²) in [5.41, 5.74) is 0. The van der Waals surface area contributed by atoms with Crippen molar-refractivity contribution < 1.29 is 9.46 Å². The van der Waals surface area contributed by atoms with Gasteiger partial charge in [0, 0.05) is 12.3 Å². The van der Waals surface area contributed by atoms with E-state index in [1.165, 1.54) is 12.2 Å². The third-order valence-corrected chi connectivity index (χ3v) is 2.49. The van der Waals surface area contributed by atoms with Crippen molar-refractivity contribution in [2.75, 3.05) is 12.3 Å². The molecule has 60 valence electrons. The van der Waals surface area contributed by atoms with Gasteiger partial charge in [0.25, 0.3) is 0 Å². The van der Waals surface area contributed by atoms with E-state index in [0.29, 0.717) is 0 Å². The highest BCUT2D eigenvalue weighted by Crippen LogP contribution is 2.39. The van der Waals surface area contributed by atoms with Gasteiger partial charge in [-0.15, -0.1) is 25.6 Å². The summed E-state index contributed by atoms with van der Waals surface area (Å²) in [5.74, 6) is 0. The smallest absolute Gasteiger partial charge is 0.207 e. The van der Waals surface area contributed by atoms with Crippen molar-refractivity contribution >= 4 is 19.8 Å². The van der Waals surface area contributed by atoms with Crippen molar-refractivity contribution in [1.82, 2.24) is 0 Å². The van der Waals surface area contributed by atoms with E-state index in [4.69, 9.17) is 4.89 Å². The van der Waals surface area contributed by atoms with Gasteiger partial charge in [-0.05, 0) is 0 Å². The van der Waals surface area contributed by atoms with E-state index in [1.807, 2.05) is 0 Å². The number of rotatable bonds is 4. The van der Waals surface area contributed by atoms with Crippen molar-refractivity contribution in [1.29, 1.82) is 0 Å². The zero-order valence-electron chi connectivity index (χ0n) is 5.69. The molecule has 0 bridgehead atoms. The van der Waals surface area contributed by atoms with E-state index in [2.05, 4.69) is 13.2 Å². The van der Waals surface area contributed by atoms with Crippen molar-refractivity contribution in [2.45, 2.75) is 0 Å². The fourth-order valence-electron chi connectivity index (χ4n) is 0.478. The first-order valence-electron chi connectivity index (χ1n) is 2.65. The first kappa shape index (κ1) is 12.6. The summed E-state index contributed by atoms with van der Waals surface area (Å²) in [5, 5.41) is 0. The Kier molecular flexibility index (Phi) is 7.22. The number of halogens is 1. The van der Waals surface area contributed by atoms with Crippen molar-refractivity contribution in [3.05, 3.63) is 25.3 Å². The number of hydrogen-bond donors (Lipinski definition) is 1. The molecule has 0 aliphatic rings. The van der Waals surface area contributed by atoms with Gasteiger partial charge in [-0.3, -0.25) is 4.57 Å². The van der Waals surface area contributed by atoms with Crippen LogP contribution in [0.1, 0.15) is 0 Å². The highest BCUT2D eigenvalue weighted by atomic mass is 35.5. The first-order valence-corrected chi connectivity index (χ1v) is 4.68. The van der Waals surface area contributed by atoms with Crippen LogP contribution in [0.15, 0.2) is 25.3 Å². The molecule has 0 atom stereocenters. The molecule has 1 N–H and O–H groups in total. The Morgan fingerprint density at radius 2 is 1.60 bits per heavy atom. The Labute approximate surface area is 67.5 Å². The molecule has 0 aromatic heterocycles. The summed E-state index contributed by atoms with van der Waals surface area (Å²) in [6, 6.07) is 0. The molecule has 0 rings (SSSR count). The second-order valence-electron chi connectivity index (χ2n) is 1.79. The molecule has 0 aromatic rings. The lowest BCUT2D eigenvalue weighted by molar-refractivity contribution is 0.485.